The highest BCUT2D eigenvalue weighted by atomic mass is 16.5. The van der Waals surface area contributed by atoms with E-state index in [1.807, 2.05) is 19.1 Å². The molecule has 0 aromatic carbocycles. The zero-order chi connectivity index (χ0) is 13.1. The Labute approximate surface area is 105 Å². The molecule has 18 heavy (non-hydrogen) atoms. The number of aromatic nitrogens is 2. The van der Waals surface area contributed by atoms with Crippen molar-refractivity contribution in [3.8, 4) is 5.75 Å². The summed E-state index contributed by atoms with van der Waals surface area (Å²) < 4.78 is 6.70. The lowest BCUT2D eigenvalue weighted by molar-refractivity contribution is 0.413. The number of pyridine rings is 2. The predicted octanol–water partition coefficient (Wildman–Crippen LogP) is 1.19. The molecule has 2 rings (SSSR count). The molecule has 0 atom stereocenters. The lowest BCUT2D eigenvalue weighted by Gasteiger charge is -2.08. The van der Waals surface area contributed by atoms with Gasteiger partial charge in [0.15, 0.2) is 0 Å². The van der Waals surface area contributed by atoms with Crippen LogP contribution in [0.5, 0.6) is 5.75 Å². The number of anilines is 1. The third-order valence-electron chi connectivity index (χ3n) is 2.55. The van der Waals surface area contributed by atoms with Crippen LogP contribution in [-0.2, 0) is 6.54 Å². The molecule has 0 radical (unpaired) electrons. The van der Waals surface area contributed by atoms with Crippen LogP contribution in [0, 0.1) is 6.92 Å². The Hall–Kier alpha value is -2.30. The molecular formula is C13H15N3O2. The first kappa shape index (κ1) is 12.2. The summed E-state index contributed by atoms with van der Waals surface area (Å²) >= 11 is 0. The minimum Gasteiger partial charge on any atom is -0.497 e. The molecule has 2 heterocycles. The second-order valence-electron chi connectivity index (χ2n) is 4.07. The van der Waals surface area contributed by atoms with Crippen molar-refractivity contribution < 1.29 is 4.74 Å². The Bertz CT molecular complexity index is 620. The van der Waals surface area contributed by atoms with Crippen molar-refractivity contribution in [1.82, 2.24) is 9.55 Å². The number of hydrogen-bond acceptors (Lipinski definition) is 4. The number of methoxy groups -OCH3 is 1. The van der Waals surface area contributed by atoms with Crippen LogP contribution in [0.3, 0.4) is 0 Å². The van der Waals surface area contributed by atoms with Crippen LogP contribution in [0.15, 0.2) is 35.3 Å². The molecule has 0 aliphatic carbocycles. The molecule has 0 bridgehead atoms. The molecule has 94 valence electrons. The van der Waals surface area contributed by atoms with E-state index in [1.54, 1.807) is 19.4 Å². The first-order chi connectivity index (χ1) is 8.58. The number of nitrogen functional groups attached to an aromatic ring is 1. The molecule has 0 fully saturated rings. The number of aryl methyl sites for hydroxylation is 1. The molecule has 0 aliphatic heterocycles. The summed E-state index contributed by atoms with van der Waals surface area (Å²) in [4.78, 5) is 16.0. The smallest absolute Gasteiger partial charge is 0.251 e. The SMILES string of the molecule is COc1cc(C)nc(Cn2cc(N)ccc2=O)c1. The Morgan fingerprint density at radius 3 is 2.89 bits per heavy atom. The van der Waals surface area contributed by atoms with E-state index in [9.17, 15) is 4.79 Å². The zero-order valence-corrected chi connectivity index (χ0v) is 10.4. The van der Waals surface area contributed by atoms with E-state index in [2.05, 4.69) is 4.98 Å². The minimum absolute atomic E-state index is 0.105. The van der Waals surface area contributed by atoms with Gasteiger partial charge in [0.1, 0.15) is 5.75 Å². The Morgan fingerprint density at radius 1 is 1.39 bits per heavy atom. The second-order valence-corrected chi connectivity index (χ2v) is 4.07. The molecule has 0 spiro atoms. The fourth-order valence-corrected chi connectivity index (χ4v) is 1.75. The zero-order valence-electron chi connectivity index (χ0n) is 10.4. The summed E-state index contributed by atoms with van der Waals surface area (Å²) in [5, 5.41) is 0. The van der Waals surface area contributed by atoms with Crippen molar-refractivity contribution in [2.75, 3.05) is 12.8 Å². The lowest BCUT2D eigenvalue weighted by atomic mass is 10.3. The highest BCUT2D eigenvalue weighted by Gasteiger charge is 2.03. The Kier molecular flexibility index (Phi) is 3.32. The lowest BCUT2D eigenvalue weighted by Crippen LogP contribution is -2.20. The predicted molar refractivity (Wildman–Crippen MR) is 69.7 cm³/mol. The van der Waals surface area contributed by atoms with Gasteiger partial charge in [0.2, 0.25) is 0 Å². The quantitative estimate of drug-likeness (QED) is 0.881. The van der Waals surface area contributed by atoms with Gasteiger partial charge in [-0.05, 0) is 13.0 Å². The van der Waals surface area contributed by atoms with Crippen molar-refractivity contribution in [1.29, 1.82) is 0 Å². The van der Waals surface area contributed by atoms with E-state index in [-0.39, 0.29) is 5.56 Å². The summed E-state index contributed by atoms with van der Waals surface area (Å²) in [7, 11) is 1.60. The van der Waals surface area contributed by atoms with E-state index in [0.29, 0.717) is 12.2 Å². The van der Waals surface area contributed by atoms with Gasteiger partial charge in [0, 0.05) is 35.8 Å². The van der Waals surface area contributed by atoms with Crippen LogP contribution >= 0.6 is 0 Å². The van der Waals surface area contributed by atoms with Crippen LogP contribution in [-0.4, -0.2) is 16.7 Å². The monoisotopic (exact) mass is 245 g/mol. The fraction of sp³-hybridized carbons (Fsp3) is 0.231. The Balaban J connectivity index is 2.36. The van der Waals surface area contributed by atoms with E-state index in [4.69, 9.17) is 10.5 Å². The van der Waals surface area contributed by atoms with Crippen LogP contribution in [0.1, 0.15) is 11.4 Å². The van der Waals surface area contributed by atoms with Crippen LogP contribution in [0.2, 0.25) is 0 Å². The first-order valence-electron chi connectivity index (χ1n) is 5.56. The number of nitrogens with zero attached hydrogens (tertiary/aromatic N) is 2. The normalized spacial score (nSPS) is 10.3. The van der Waals surface area contributed by atoms with Gasteiger partial charge >= 0.3 is 0 Å². The minimum atomic E-state index is -0.105. The van der Waals surface area contributed by atoms with Gasteiger partial charge < -0.3 is 15.0 Å². The summed E-state index contributed by atoms with van der Waals surface area (Å²) in [5.41, 5.74) is 7.72. The van der Waals surface area contributed by atoms with Crippen molar-refractivity contribution >= 4 is 5.69 Å². The summed E-state index contributed by atoms with van der Waals surface area (Å²) in [6.07, 6.45) is 1.61. The van der Waals surface area contributed by atoms with Crippen molar-refractivity contribution in [2.24, 2.45) is 0 Å². The molecular weight excluding hydrogens is 230 g/mol. The molecule has 5 nitrogen and oxygen atoms in total. The largest absolute Gasteiger partial charge is 0.497 e. The van der Waals surface area contributed by atoms with Crippen molar-refractivity contribution in [3.05, 3.63) is 52.2 Å². The summed E-state index contributed by atoms with van der Waals surface area (Å²) in [5.74, 6) is 0.731. The number of ether oxygens (including phenoxy) is 1. The molecule has 0 amide bonds. The number of nitrogens with two attached hydrogens (primary N) is 1. The van der Waals surface area contributed by atoms with Crippen molar-refractivity contribution in [2.45, 2.75) is 13.5 Å². The number of hydrogen-bond donors (Lipinski definition) is 1. The highest BCUT2D eigenvalue weighted by Crippen LogP contribution is 2.14. The maximum absolute atomic E-state index is 11.7. The number of rotatable bonds is 3. The topological polar surface area (TPSA) is 70.1 Å². The fourth-order valence-electron chi connectivity index (χ4n) is 1.75. The van der Waals surface area contributed by atoms with Gasteiger partial charge in [-0.3, -0.25) is 9.78 Å². The highest BCUT2D eigenvalue weighted by molar-refractivity contribution is 5.34. The average molecular weight is 245 g/mol. The van der Waals surface area contributed by atoms with Crippen LogP contribution in [0.4, 0.5) is 5.69 Å². The van der Waals surface area contributed by atoms with Crippen LogP contribution in [0.25, 0.3) is 0 Å². The van der Waals surface area contributed by atoms with Crippen LogP contribution < -0.4 is 16.0 Å². The third-order valence-corrected chi connectivity index (χ3v) is 2.55. The average Bonchev–Trinajstić information content (AvgIpc) is 2.33. The molecule has 0 aliphatic rings. The van der Waals surface area contributed by atoms with Gasteiger partial charge in [-0.15, -0.1) is 0 Å². The van der Waals surface area contributed by atoms with E-state index in [1.165, 1.54) is 10.6 Å². The summed E-state index contributed by atoms with van der Waals surface area (Å²) in [6.45, 7) is 2.26. The Morgan fingerprint density at radius 2 is 2.17 bits per heavy atom. The van der Waals surface area contributed by atoms with E-state index < -0.39 is 0 Å². The van der Waals surface area contributed by atoms with Gasteiger partial charge in [-0.25, -0.2) is 0 Å². The summed E-state index contributed by atoms with van der Waals surface area (Å²) in [6, 6.07) is 6.68. The molecule has 2 N–H and O–H groups in total. The van der Waals surface area contributed by atoms with Gasteiger partial charge in [-0.2, -0.15) is 0 Å². The van der Waals surface area contributed by atoms with E-state index >= 15 is 0 Å². The molecule has 0 unspecified atom stereocenters. The molecule has 5 heteroatoms. The maximum Gasteiger partial charge on any atom is 0.251 e. The van der Waals surface area contributed by atoms with Gasteiger partial charge in [0.25, 0.3) is 5.56 Å². The first-order valence-corrected chi connectivity index (χ1v) is 5.56. The molecule has 0 saturated carbocycles. The second kappa shape index (κ2) is 4.91. The van der Waals surface area contributed by atoms with Crippen molar-refractivity contribution in [3.63, 3.8) is 0 Å². The molecule has 2 aromatic rings. The molecule has 2 aromatic heterocycles. The van der Waals surface area contributed by atoms with Gasteiger partial charge in [0.05, 0.1) is 19.3 Å². The maximum atomic E-state index is 11.7. The van der Waals surface area contributed by atoms with E-state index in [0.717, 1.165) is 17.1 Å². The third kappa shape index (κ3) is 2.68. The standard InChI is InChI=1S/C13H15N3O2/c1-9-5-12(18-2)6-11(15-9)8-16-7-10(14)3-4-13(16)17/h3-7H,8,14H2,1-2H3. The van der Waals surface area contributed by atoms with Gasteiger partial charge in [-0.1, -0.05) is 0 Å². The molecule has 0 saturated heterocycles.